The SMILES string of the molecule is C=C(COS(C)(=O)=O)[C@@H]1CC[C@]2(COC(C)=O)CC[C@]3(C)[C@H](CC[C@@H]4[C@@]5(C)CCC(=NOC(C)=O)C(C)(COC(C)=O)[C@@H]5CC[C@]43C)[C@@H]12. The van der Waals surface area contributed by atoms with Gasteiger partial charge in [-0.1, -0.05) is 39.4 Å². The molecule has 5 aliphatic rings. The van der Waals surface area contributed by atoms with Crippen LogP contribution in [0.25, 0.3) is 0 Å². The number of nitrogens with zero attached hydrogens (tertiary/aromatic N) is 1. The van der Waals surface area contributed by atoms with Crippen LogP contribution in [0.4, 0.5) is 0 Å². The van der Waals surface area contributed by atoms with Crippen molar-refractivity contribution in [2.24, 2.45) is 61.8 Å². The molecule has 270 valence electrons. The zero-order valence-electron chi connectivity index (χ0n) is 30.3. The highest BCUT2D eigenvalue weighted by Crippen LogP contribution is 2.77. The van der Waals surface area contributed by atoms with Gasteiger partial charge in [0.2, 0.25) is 0 Å². The molecule has 5 fully saturated rings. The third-order valence-electron chi connectivity index (χ3n) is 14.6. The third kappa shape index (κ3) is 6.17. The number of carbonyl (C=O) groups is 3. The number of oxime groups is 1. The highest BCUT2D eigenvalue weighted by molar-refractivity contribution is 7.86. The molecule has 0 spiro atoms. The van der Waals surface area contributed by atoms with Gasteiger partial charge in [-0.3, -0.25) is 13.8 Å². The van der Waals surface area contributed by atoms with Gasteiger partial charge >= 0.3 is 17.9 Å². The van der Waals surface area contributed by atoms with E-state index in [1.54, 1.807) is 0 Å². The van der Waals surface area contributed by atoms with Gasteiger partial charge in [-0.25, -0.2) is 4.79 Å². The van der Waals surface area contributed by atoms with Crippen molar-refractivity contribution in [3.8, 4) is 0 Å². The first kappa shape index (κ1) is 37.0. The van der Waals surface area contributed by atoms with Gasteiger partial charge < -0.3 is 14.3 Å². The van der Waals surface area contributed by atoms with E-state index >= 15 is 0 Å². The molecule has 11 heteroatoms. The summed E-state index contributed by atoms with van der Waals surface area (Å²) < 4.78 is 40.6. The van der Waals surface area contributed by atoms with E-state index in [0.717, 1.165) is 75.3 Å². The molecule has 0 aromatic carbocycles. The van der Waals surface area contributed by atoms with Crippen LogP contribution in [0.2, 0.25) is 0 Å². The maximum absolute atomic E-state index is 12.1. The predicted octanol–water partition coefficient (Wildman–Crippen LogP) is 6.63. The van der Waals surface area contributed by atoms with E-state index in [1.807, 2.05) is 0 Å². The monoisotopic (exact) mass is 691 g/mol. The van der Waals surface area contributed by atoms with Gasteiger partial charge in [-0.2, -0.15) is 8.42 Å². The molecule has 5 saturated carbocycles. The molecule has 0 heterocycles. The highest BCUT2D eigenvalue weighted by atomic mass is 32.2. The molecule has 48 heavy (non-hydrogen) atoms. The molecule has 5 rings (SSSR count). The van der Waals surface area contributed by atoms with Crippen LogP contribution >= 0.6 is 0 Å². The summed E-state index contributed by atoms with van der Waals surface area (Å²) in [6, 6.07) is 0. The molecule has 0 aliphatic heterocycles. The first-order valence-corrected chi connectivity index (χ1v) is 19.6. The summed E-state index contributed by atoms with van der Waals surface area (Å²) in [5, 5.41) is 4.35. The number of carbonyl (C=O) groups excluding carboxylic acids is 3. The fourth-order valence-electron chi connectivity index (χ4n) is 12.3. The summed E-state index contributed by atoms with van der Waals surface area (Å²) in [4.78, 5) is 41.1. The van der Waals surface area contributed by atoms with Crippen LogP contribution in [0, 0.1) is 56.7 Å². The van der Waals surface area contributed by atoms with Crippen molar-refractivity contribution >= 4 is 33.7 Å². The Morgan fingerprint density at radius 3 is 2.10 bits per heavy atom. The quantitative estimate of drug-likeness (QED) is 0.0859. The first-order valence-electron chi connectivity index (χ1n) is 17.8. The fourth-order valence-corrected chi connectivity index (χ4v) is 12.7. The highest BCUT2D eigenvalue weighted by Gasteiger charge is 2.71. The van der Waals surface area contributed by atoms with Gasteiger partial charge in [-0.15, -0.1) is 0 Å². The van der Waals surface area contributed by atoms with E-state index in [-0.39, 0.29) is 64.6 Å². The summed E-state index contributed by atoms with van der Waals surface area (Å²) in [5.74, 6) is 0.163. The topological polar surface area (TPSA) is 135 Å². The predicted molar refractivity (Wildman–Crippen MR) is 181 cm³/mol. The lowest BCUT2D eigenvalue weighted by Gasteiger charge is -2.72. The molecule has 10 nitrogen and oxygen atoms in total. The van der Waals surface area contributed by atoms with E-state index < -0.39 is 21.5 Å². The molecule has 0 aromatic rings. The van der Waals surface area contributed by atoms with Crippen molar-refractivity contribution in [2.45, 2.75) is 113 Å². The van der Waals surface area contributed by atoms with Crippen molar-refractivity contribution in [3.63, 3.8) is 0 Å². The summed E-state index contributed by atoms with van der Waals surface area (Å²) in [5.41, 5.74) is 0.824. The molecule has 0 N–H and O–H groups in total. The number of fused-ring (bicyclic) bond motifs is 7. The van der Waals surface area contributed by atoms with Crippen LogP contribution in [0.5, 0.6) is 0 Å². The molecular weight excluding hydrogens is 634 g/mol. The maximum Gasteiger partial charge on any atom is 0.331 e. The molecule has 10 atom stereocenters. The lowest BCUT2D eigenvalue weighted by atomic mass is 9.32. The van der Waals surface area contributed by atoms with Gasteiger partial charge in [0.15, 0.2) is 0 Å². The number of rotatable bonds is 9. The van der Waals surface area contributed by atoms with E-state index in [0.29, 0.717) is 24.9 Å². The minimum Gasteiger partial charge on any atom is -0.465 e. The Bertz CT molecular complexity index is 1470. The number of esters is 2. The minimum absolute atomic E-state index is 0.00671. The molecule has 0 aromatic heterocycles. The molecule has 5 aliphatic carbocycles. The average Bonchev–Trinajstić information content (AvgIpc) is 3.37. The second-order valence-corrected chi connectivity index (χ2v) is 18.6. The molecule has 1 unspecified atom stereocenters. The second-order valence-electron chi connectivity index (χ2n) is 16.9. The Kier molecular flexibility index (Phi) is 9.87. The Hall–Kier alpha value is -2.27. The maximum atomic E-state index is 12.1. The van der Waals surface area contributed by atoms with Crippen LogP contribution in [0.15, 0.2) is 17.3 Å². The summed E-state index contributed by atoms with van der Waals surface area (Å²) in [6.07, 6.45) is 10.4. The standard InChI is InChI=1S/C37H57NO9S/c1-23(20-46-48(9,42)43)27-12-17-37(22-45-25(3)40)19-18-35(7)28(32(27)37)10-11-30-33(5)15-14-31(38-47-26(4)41)34(6,21-44-24(2)39)29(33)13-16-36(30,35)8/h27-30,32H,1,10-22H2,2-9H3/t27-,28+,29+,30+,32+,33-,34?,35+,36+,37+/m0/s1. The summed E-state index contributed by atoms with van der Waals surface area (Å²) >= 11 is 0. The minimum atomic E-state index is -3.62. The van der Waals surface area contributed by atoms with Crippen molar-refractivity contribution < 1.29 is 41.3 Å². The fraction of sp³-hybridized carbons (Fsp3) is 0.838. The summed E-state index contributed by atoms with van der Waals surface area (Å²) in [7, 11) is -3.62. The van der Waals surface area contributed by atoms with Crippen LogP contribution in [0.1, 0.15) is 113 Å². The van der Waals surface area contributed by atoms with Crippen LogP contribution in [0.3, 0.4) is 0 Å². The van der Waals surface area contributed by atoms with Gasteiger partial charge in [0, 0.05) is 31.6 Å². The third-order valence-corrected chi connectivity index (χ3v) is 15.2. The second kappa shape index (κ2) is 12.8. The van der Waals surface area contributed by atoms with E-state index in [9.17, 15) is 22.8 Å². The first-order chi connectivity index (χ1) is 22.2. The van der Waals surface area contributed by atoms with Gasteiger partial charge in [0.25, 0.3) is 10.1 Å². The van der Waals surface area contributed by atoms with Crippen molar-refractivity contribution in [3.05, 3.63) is 12.2 Å². The zero-order chi connectivity index (χ0) is 35.5. The Morgan fingerprint density at radius 2 is 1.48 bits per heavy atom. The lowest BCUT2D eigenvalue weighted by molar-refractivity contribution is -0.234. The van der Waals surface area contributed by atoms with Crippen molar-refractivity contribution in [2.75, 3.05) is 26.1 Å². The average molecular weight is 692 g/mol. The van der Waals surface area contributed by atoms with Crippen LogP contribution < -0.4 is 0 Å². The smallest absolute Gasteiger partial charge is 0.331 e. The van der Waals surface area contributed by atoms with E-state index in [1.165, 1.54) is 20.8 Å². The van der Waals surface area contributed by atoms with Crippen molar-refractivity contribution in [1.82, 2.24) is 0 Å². The zero-order valence-corrected chi connectivity index (χ0v) is 31.1. The Labute approximate surface area is 287 Å². The Balaban J connectivity index is 1.51. The van der Waals surface area contributed by atoms with Crippen LogP contribution in [-0.2, 0) is 43.0 Å². The van der Waals surface area contributed by atoms with Gasteiger partial charge in [0.05, 0.1) is 25.2 Å². The number of hydrogen-bond acceptors (Lipinski definition) is 10. The lowest BCUT2D eigenvalue weighted by Crippen LogP contribution is -2.67. The van der Waals surface area contributed by atoms with E-state index in [4.69, 9.17) is 18.5 Å². The molecule has 0 bridgehead atoms. The Morgan fingerprint density at radius 1 is 0.812 bits per heavy atom. The van der Waals surface area contributed by atoms with Gasteiger partial charge in [0.1, 0.15) is 6.61 Å². The number of hydrogen-bond donors (Lipinski definition) is 0. The van der Waals surface area contributed by atoms with Gasteiger partial charge in [-0.05, 0) is 116 Å². The summed E-state index contributed by atoms with van der Waals surface area (Å²) in [6.45, 7) is 18.8. The largest absolute Gasteiger partial charge is 0.465 e. The normalized spacial score (nSPS) is 42.8. The molecular formula is C37H57NO9S. The van der Waals surface area contributed by atoms with Crippen molar-refractivity contribution in [1.29, 1.82) is 0 Å². The van der Waals surface area contributed by atoms with Crippen LogP contribution in [-0.4, -0.2) is 58.1 Å². The molecule has 0 amide bonds. The van der Waals surface area contributed by atoms with E-state index in [2.05, 4.69) is 39.4 Å². The molecule has 0 saturated heterocycles. The number of ether oxygens (including phenoxy) is 2. The molecule has 0 radical (unpaired) electrons.